The quantitative estimate of drug-likeness (QED) is 0.668. The van der Waals surface area contributed by atoms with Gasteiger partial charge in [0.1, 0.15) is 5.00 Å². The summed E-state index contributed by atoms with van der Waals surface area (Å²) < 4.78 is 2.43. The van der Waals surface area contributed by atoms with Gasteiger partial charge in [-0.3, -0.25) is 0 Å². The SMILES string of the molecule is Cc1ccc([C@@H]2NCc3c(sc4c3CCCC4)-n3cccc32)cc1. The molecule has 1 aromatic carbocycles. The maximum atomic E-state index is 3.84. The van der Waals surface area contributed by atoms with Crippen molar-refractivity contribution in [1.29, 1.82) is 0 Å². The molecular formula is C21H22N2S. The Morgan fingerprint density at radius 1 is 1.04 bits per heavy atom. The van der Waals surface area contributed by atoms with Crippen LogP contribution in [0.2, 0.25) is 0 Å². The monoisotopic (exact) mass is 334 g/mol. The van der Waals surface area contributed by atoms with Crippen molar-refractivity contribution in [2.45, 2.75) is 45.2 Å². The number of nitrogens with one attached hydrogen (secondary N) is 1. The van der Waals surface area contributed by atoms with Crippen molar-refractivity contribution in [2.24, 2.45) is 0 Å². The van der Waals surface area contributed by atoms with Crippen LogP contribution < -0.4 is 5.32 Å². The standard InChI is InChI=1S/C21H22N2S/c1-14-8-10-15(11-9-14)20-18-6-4-12-23(18)21-17(13-22-20)16-5-2-3-7-19(16)24-21/h4,6,8-12,20,22H,2-3,5,7,13H2,1H3/t20-/m0/s1. The number of hydrogen-bond acceptors (Lipinski definition) is 2. The summed E-state index contributed by atoms with van der Waals surface area (Å²) in [6.07, 6.45) is 7.46. The van der Waals surface area contributed by atoms with Crippen LogP contribution in [0.4, 0.5) is 0 Å². The highest BCUT2D eigenvalue weighted by molar-refractivity contribution is 7.15. The summed E-state index contributed by atoms with van der Waals surface area (Å²) in [5.41, 5.74) is 7.21. The summed E-state index contributed by atoms with van der Waals surface area (Å²) in [5, 5.41) is 5.29. The number of hydrogen-bond donors (Lipinski definition) is 1. The summed E-state index contributed by atoms with van der Waals surface area (Å²) in [5.74, 6) is 0. The van der Waals surface area contributed by atoms with E-state index in [0.717, 1.165) is 6.54 Å². The third-order valence-corrected chi connectivity index (χ3v) is 6.78. The first-order valence-electron chi connectivity index (χ1n) is 8.92. The van der Waals surface area contributed by atoms with E-state index >= 15 is 0 Å². The molecule has 0 amide bonds. The third-order valence-electron chi connectivity index (χ3n) is 5.45. The lowest BCUT2D eigenvalue weighted by Gasteiger charge is -2.19. The molecule has 0 unspecified atom stereocenters. The number of aryl methyl sites for hydroxylation is 2. The number of rotatable bonds is 1. The van der Waals surface area contributed by atoms with Gasteiger partial charge >= 0.3 is 0 Å². The minimum Gasteiger partial charge on any atom is -0.310 e. The highest BCUT2D eigenvalue weighted by atomic mass is 32.1. The predicted molar refractivity (Wildman–Crippen MR) is 100 cm³/mol. The lowest BCUT2D eigenvalue weighted by Crippen LogP contribution is -2.21. The molecule has 3 aromatic rings. The van der Waals surface area contributed by atoms with Gasteiger partial charge in [-0.1, -0.05) is 29.8 Å². The topological polar surface area (TPSA) is 17.0 Å². The minimum atomic E-state index is 0.263. The Morgan fingerprint density at radius 3 is 2.75 bits per heavy atom. The van der Waals surface area contributed by atoms with Gasteiger partial charge in [0, 0.05) is 28.9 Å². The van der Waals surface area contributed by atoms with E-state index in [2.05, 4.69) is 59.4 Å². The van der Waals surface area contributed by atoms with Crippen LogP contribution >= 0.6 is 11.3 Å². The van der Waals surface area contributed by atoms with Crippen LogP contribution in [0.15, 0.2) is 42.6 Å². The maximum absolute atomic E-state index is 3.84. The van der Waals surface area contributed by atoms with Gasteiger partial charge in [0.15, 0.2) is 0 Å². The molecule has 1 atom stereocenters. The lowest BCUT2D eigenvalue weighted by atomic mass is 9.95. The van der Waals surface area contributed by atoms with E-state index in [-0.39, 0.29) is 6.04 Å². The van der Waals surface area contributed by atoms with Crippen LogP contribution in [0.1, 0.15) is 51.7 Å². The first-order chi connectivity index (χ1) is 11.8. The number of thiophene rings is 1. The molecule has 1 aliphatic carbocycles. The number of nitrogens with zero attached hydrogens (tertiary/aromatic N) is 1. The van der Waals surface area contributed by atoms with Crippen molar-refractivity contribution < 1.29 is 0 Å². The van der Waals surface area contributed by atoms with Crippen molar-refractivity contribution in [1.82, 2.24) is 9.88 Å². The van der Waals surface area contributed by atoms with E-state index in [9.17, 15) is 0 Å². The van der Waals surface area contributed by atoms with Crippen molar-refractivity contribution in [3.8, 4) is 5.00 Å². The molecule has 3 heterocycles. The Labute approximate surface area is 147 Å². The average Bonchev–Trinajstić information content (AvgIpc) is 3.18. The van der Waals surface area contributed by atoms with Crippen LogP contribution in [-0.4, -0.2) is 4.57 Å². The molecule has 0 fully saturated rings. The average molecular weight is 334 g/mol. The second kappa shape index (κ2) is 5.61. The summed E-state index contributed by atoms with van der Waals surface area (Å²) >= 11 is 2.02. The smallest absolute Gasteiger partial charge is 0.104 e. The minimum absolute atomic E-state index is 0.263. The van der Waals surface area contributed by atoms with E-state index in [1.165, 1.54) is 47.5 Å². The Morgan fingerprint density at radius 2 is 1.88 bits per heavy atom. The maximum Gasteiger partial charge on any atom is 0.104 e. The van der Waals surface area contributed by atoms with Crippen LogP contribution in [0, 0.1) is 6.92 Å². The van der Waals surface area contributed by atoms with Gasteiger partial charge in [-0.25, -0.2) is 0 Å². The fraction of sp³-hybridized carbons (Fsp3) is 0.333. The summed E-state index contributed by atoms with van der Waals surface area (Å²) in [6.45, 7) is 3.12. The van der Waals surface area contributed by atoms with Gasteiger partial charge in [0.05, 0.1) is 6.04 Å². The number of fused-ring (bicyclic) bond motifs is 5. The molecule has 1 aliphatic heterocycles. The number of benzene rings is 1. The molecule has 1 N–H and O–H groups in total. The Hall–Kier alpha value is -1.84. The Kier molecular flexibility index (Phi) is 3.39. The molecular weight excluding hydrogens is 312 g/mol. The lowest BCUT2D eigenvalue weighted by molar-refractivity contribution is 0.595. The van der Waals surface area contributed by atoms with Crippen molar-refractivity contribution in [3.05, 3.63) is 75.4 Å². The molecule has 122 valence electrons. The highest BCUT2D eigenvalue weighted by Crippen LogP contribution is 2.40. The summed E-state index contributed by atoms with van der Waals surface area (Å²) in [6, 6.07) is 13.7. The molecule has 0 radical (unpaired) electrons. The van der Waals surface area contributed by atoms with Gasteiger partial charge in [-0.05, 0) is 55.9 Å². The first-order valence-corrected chi connectivity index (χ1v) is 9.74. The molecule has 0 saturated heterocycles. The number of aromatic nitrogens is 1. The molecule has 0 bridgehead atoms. The van der Waals surface area contributed by atoms with E-state index in [1.807, 2.05) is 11.3 Å². The fourth-order valence-electron chi connectivity index (χ4n) is 4.16. The van der Waals surface area contributed by atoms with Crippen LogP contribution in [-0.2, 0) is 19.4 Å². The molecule has 2 aliphatic rings. The van der Waals surface area contributed by atoms with Crippen molar-refractivity contribution in [2.75, 3.05) is 0 Å². The van der Waals surface area contributed by atoms with Crippen LogP contribution in [0.25, 0.3) is 5.00 Å². The van der Waals surface area contributed by atoms with Crippen LogP contribution in [0.3, 0.4) is 0 Å². The Balaban J connectivity index is 1.64. The van der Waals surface area contributed by atoms with Crippen molar-refractivity contribution in [3.63, 3.8) is 0 Å². The molecule has 0 spiro atoms. The van der Waals surface area contributed by atoms with E-state index < -0.39 is 0 Å². The second-order valence-electron chi connectivity index (χ2n) is 7.02. The molecule has 2 nitrogen and oxygen atoms in total. The highest BCUT2D eigenvalue weighted by Gasteiger charge is 2.28. The summed E-state index contributed by atoms with van der Waals surface area (Å²) in [7, 11) is 0. The van der Waals surface area contributed by atoms with E-state index in [0.29, 0.717) is 0 Å². The Bertz CT molecular complexity index is 885. The van der Waals surface area contributed by atoms with Gasteiger partial charge < -0.3 is 9.88 Å². The predicted octanol–water partition coefficient (Wildman–Crippen LogP) is 4.92. The zero-order valence-corrected chi connectivity index (χ0v) is 14.8. The van der Waals surface area contributed by atoms with E-state index in [1.54, 1.807) is 16.0 Å². The van der Waals surface area contributed by atoms with Gasteiger partial charge in [0.2, 0.25) is 0 Å². The first kappa shape index (κ1) is 14.5. The molecule has 0 saturated carbocycles. The van der Waals surface area contributed by atoms with Crippen LogP contribution in [0.5, 0.6) is 0 Å². The fourth-order valence-corrected chi connectivity index (χ4v) is 5.58. The zero-order valence-electron chi connectivity index (χ0n) is 14.0. The second-order valence-corrected chi connectivity index (χ2v) is 8.11. The van der Waals surface area contributed by atoms with Gasteiger partial charge in [0.25, 0.3) is 0 Å². The molecule has 24 heavy (non-hydrogen) atoms. The van der Waals surface area contributed by atoms with Gasteiger partial charge in [-0.2, -0.15) is 0 Å². The molecule has 3 heteroatoms. The normalized spacial score (nSPS) is 19.3. The van der Waals surface area contributed by atoms with E-state index in [4.69, 9.17) is 0 Å². The zero-order chi connectivity index (χ0) is 16.1. The summed E-state index contributed by atoms with van der Waals surface area (Å²) in [4.78, 5) is 1.63. The largest absolute Gasteiger partial charge is 0.310 e. The molecule has 5 rings (SSSR count). The molecule has 2 aromatic heterocycles. The third kappa shape index (κ3) is 2.19. The van der Waals surface area contributed by atoms with Gasteiger partial charge in [-0.15, -0.1) is 11.3 Å². The van der Waals surface area contributed by atoms with Crippen molar-refractivity contribution >= 4 is 11.3 Å².